The normalized spacial score (nSPS) is 14.0. The summed E-state index contributed by atoms with van der Waals surface area (Å²) in [7, 11) is 0. The van der Waals surface area contributed by atoms with Crippen LogP contribution in [0.4, 0.5) is 11.4 Å². The Hall–Kier alpha value is -1.80. The Labute approximate surface area is 124 Å². The molecular formula is C17H16ClNO. The predicted octanol–water partition coefficient (Wildman–Crippen LogP) is 4.55. The van der Waals surface area contributed by atoms with Gasteiger partial charge in [0.05, 0.1) is 10.7 Å². The lowest BCUT2D eigenvalue weighted by molar-refractivity contribution is 0.112. The van der Waals surface area contributed by atoms with E-state index >= 15 is 0 Å². The monoisotopic (exact) mass is 285 g/mol. The number of rotatable bonds is 2. The average molecular weight is 286 g/mol. The summed E-state index contributed by atoms with van der Waals surface area (Å²) < 4.78 is 0. The van der Waals surface area contributed by atoms with Crippen LogP contribution >= 0.6 is 11.6 Å². The number of anilines is 2. The van der Waals surface area contributed by atoms with E-state index in [1.807, 2.05) is 18.2 Å². The number of carbonyl (C=O) groups excluding carboxylic acids is 1. The molecule has 2 aromatic rings. The van der Waals surface area contributed by atoms with E-state index in [-0.39, 0.29) is 0 Å². The maximum Gasteiger partial charge on any atom is 0.152 e. The van der Waals surface area contributed by atoms with Crippen LogP contribution in [0.3, 0.4) is 0 Å². The van der Waals surface area contributed by atoms with E-state index in [0.717, 1.165) is 37.0 Å². The van der Waals surface area contributed by atoms with E-state index < -0.39 is 0 Å². The molecule has 0 atom stereocenters. The van der Waals surface area contributed by atoms with E-state index in [4.69, 9.17) is 11.6 Å². The molecule has 3 rings (SSSR count). The zero-order valence-electron chi connectivity index (χ0n) is 11.4. The van der Waals surface area contributed by atoms with Crippen molar-refractivity contribution in [2.24, 2.45) is 0 Å². The van der Waals surface area contributed by atoms with Gasteiger partial charge in [-0.05, 0) is 43.5 Å². The highest BCUT2D eigenvalue weighted by atomic mass is 35.5. The molecule has 0 saturated carbocycles. The lowest BCUT2D eigenvalue weighted by atomic mass is 9.98. The number of aldehydes is 1. The first-order chi connectivity index (χ1) is 9.70. The second kappa shape index (κ2) is 5.29. The van der Waals surface area contributed by atoms with E-state index in [0.29, 0.717) is 10.6 Å². The summed E-state index contributed by atoms with van der Waals surface area (Å²) in [5.74, 6) is 0. The molecular weight excluding hydrogens is 270 g/mol. The molecule has 0 saturated heterocycles. The van der Waals surface area contributed by atoms with Gasteiger partial charge in [-0.2, -0.15) is 0 Å². The largest absolute Gasteiger partial charge is 0.339 e. The highest BCUT2D eigenvalue weighted by molar-refractivity contribution is 6.34. The van der Waals surface area contributed by atoms with Crippen molar-refractivity contribution in [3.8, 4) is 0 Å². The molecule has 1 aliphatic heterocycles. The van der Waals surface area contributed by atoms with Gasteiger partial charge in [-0.15, -0.1) is 0 Å². The molecule has 0 N–H and O–H groups in total. The van der Waals surface area contributed by atoms with Crippen molar-refractivity contribution >= 4 is 29.3 Å². The first-order valence-electron chi connectivity index (χ1n) is 6.81. The number of para-hydroxylation sites is 1. The minimum atomic E-state index is 0.628. The fourth-order valence-electron chi connectivity index (χ4n) is 2.87. The van der Waals surface area contributed by atoms with Crippen molar-refractivity contribution in [3.05, 3.63) is 58.1 Å². The highest BCUT2D eigenvalue weighted by Crippen LogP contribution is 2.39. The van der Waals surface area contributed by atoms with Gasteiger partial charge in [0.1, 0.15) is 0 Å². The van der Waals surface area contributed by atoms with Gasteiger partial charge in [-0.25, -0.2) is 0 Å². The molecule has 2 aromatic carbocycles. The zero-order valence-corrected chi connectivity index (χ0v) is 12.2. The van der Waals surface area contributed by atoms with Crippen molar-refractivity contribution in [1.82, 2.24) is 0 Å². The topological polar surface area (TPSA) is 20.3 Å². The Morgan fingerprint density at radius 3 is 2.90 bits per heavy atom. The number of halogens is 1. The number of fused-ring (bicyclic) bond motifs is 1. The molecule has 20 heavy (non-hydrogen) atoms. The fraction of sp³-hybridized carbons (Fsp3) is 0.235. The molecule has 0 aromatic heterocycles. The quantitative estimate of drug-likeness (QED) is 0.755. The minimum absolute atomic E-state index is 0.628. The molecule has 0 fully saturated rings. The van der Waals surface area contributed by atoms with Crippen molar-refractivity contribution in [2.75, 3.05) is 11.4 Å². The van der Waals surface area contributed by atoms with E-state index in [1.54, 1.807) is 0 Å². The van der Waals surface area contributed by atoms with Gasteiger partial charge < -0.3 is 4.90 Å². The number of nitrogens with zero attached hydrogens (tertiary/aromatic N) is 1. The van der Waals surface area contributed by atoms with E-state index in [9.17, 15) is 4.79 Å². The average Bonchev–Trinajstić information content (AvgIpc) is 2.46. The van der Waals surface area contributed by atoms with Crippen LogP contribution in [0.2, 0.25) is 5.02 Å². The number of carbonyl (C=O) groups is 1. The lowest BCUT2D eigenvalue weighted by Crippen LogP contribution is -2.25. The zero-order chi connectivity index (χ0) is 14.1. The number of hydrogen-bond donors (Lipinski definition) is 0. The van der Waals surface area contributed by atoms with Gasteiger partial charge >= 0.3 is 0 Å². The molecule has 2 nitrogen and oxygen atoms in total. The summed E-state index contributed by atoms with van der Waals surface area (Å²) >= 11 is 6.34. The third-order valence-electron chi connectivity index (χ3n) is 3.77. The Morgan fingerprint density at radius 2 is 2.10 bits per heavy atom. The number of aryl methyl sites for hydroxylation is 2. The van der Waals surface area contributed by atoms with Crippen LogP contribution in [-0.4, -0.2) is 12.8 Å². The first kappa shape index (κ1) is 13.2. The fourth-order valence-corrected chi connectivity index (χ4v) is 3.15. The first-order valence-corrected chi connectivity index (χ1v) is 7.19. The third kappa shape index (κ3) is 2.20. The molecule has 0 radical (unpaired) electrons. The Morgan fingerprint density at radius 1 is 1.25 bits per heavy atom. The Bertz CT molecular complexity index is 666. The van der Waals surface area contributed by atoms with Gasteiger partial charge in [-0.3, -0.25) is 4.79 Å². The summed E-state index contributed by atoms with van der Waals surface area (Å²) in [5, 5.41) is 0.628. The van der Waals surface area contributed by atoms with Crippen LogP contribution in [0.15, 0.2) is 36.4 Å². The van der Waals surface area contributed by atoms with Crippen molar-refractivity contribution in [1.29, 1.82) is 0 Å². The van der Waals surface area contributed by atoms with Crippen molar-refractivity contribution in [3.63, 3.8) is 0 Å². The smallest absolute Gasteiger partial charge is 0.152 e. The molecule has 0 bridgehead atoms. The molecule has 3 heteroatoms. The van der Waals surface area contributed by atoms with E-state index in [2.05, 4.69) is 30.0 Å². The molecule has 0 spiro atoms. The number of hydrogen-bond acceptors (Lipinski definition) is 2. The van der Waals surface area contributed by atoms with Crippen LogP contribution in [0.1, 0.15) is 27.9 Å². The Balaban J connectivity index is 2.16. The predicted molar refractivity (Wildman–Crippen MR) is 83.3 cm³/mol. The van der Waals surface area contributed by atoms with Gasteiger partial charge in [0, 0.05) is 17.8 Å². The molecule has 0 unspecified atom stereocenters. The van der Waals surface area contributed by atoms with Crippen LogP contribution < -0.4 is 4.90 Å². The van der Waals surface area contributed by atoms with Gasteiger partial charge in [0.15, 0.2) is 6.29 Å². The summed E-state index contributed by atoms with van der Waals surface area (Å²) in [5.41, 5.74) is 5.23. The van der Waals surface area contributed by atoms with Crippen LogP contribution in [0, 0.1) is 6.92 Å². The lowest BCUT2D eigenvalue weighted by Gasteiger charge is -2.33. The maximum atomic E-state index is 11.3. The van der Waals surface area contributed by atoms with Gasteiger partial charge in [-0.1, -0.05) is 35.4 Å². The van der Waals surface area contributed by atoms with Crippen molar-refractivity contribution in [2.45, 2.75) is 19.8 Å². The summed E-state index contributed by atoms with van der Waals surface area (Å²) in [6.07, 6.45) is 3.03. The molecule has 0 amide bonds. The molecule has 1 heterocycles. The van der Waals surface area contributed by atoms with Crippen LogP contribution in [0.5, 0.6) is 0 Å². The standard InChI is InChI=1S/C17H16ClNO/c1-12-7-8-16-13(10-12)5-3-9-19(16)17-14(11-20)4-2-6-15(17)18/h2,4,6-8,10-11H,3,5,9H2,1H3. The summed E-state index contributed by atoms with van der Waals surface area (Å²) in [4.78, 5) is 13.5. The summed E-state index contributed by atoms with van der Waals surface area (Å²) in [6.45, 7) is 2.99. The van der Waals surface area contributed by atoms with Gasteiger partial charge in [0.25, 0.3) is 0 Å². The molecule has 0 aliphatic carbocycles. The maximum absolute atomic E-state index is 11.3. The third-order valence-corrected chi connectivity index (χ3v) is 4.07. The van der Waals surface area contributed by atoms with Gasteiger partial charge in [0.2, 0.25) is 0 Å². The van der Waals surface area contributed by atoms with Crippen LogP contribution in [-0.2, 0) is 6.42 Å². The van der Waals surface area contributed by atoms with E-state index in [1.165, 1.54) is 11.1 Å². The Kier molecular flexibility index (Phi) is 3.49. The number of benzene rings is 2. The SMILES string of the molecule is Cc1ccc2c(c1)CCCN2c1c(Cl)cccc1C=O. The second-order valence-corrected chi connectivity index (χ2v) is 5.59. The van der Waals surface area contributed by atoms with Crippen molar-refractivity contribution < 1.29 is 4.79 Å². The minimum Gasteiger partial charge on any atom is -0.339 e. The molecule has 102 valence electrons. The van der Waals surface area contributed by atoms with Crippen LogP contribution in [0.25, 0.3) is 0 Å². The second-order valence-electron chi connectivity index (χ2n) is 5.18. The molecule has 1 aliphatic rings. The highest BCUT2D eigenvalue weighted by Gasteiger charge is 2.22. The summed E-state index contributed by atoms with van der Waals surface area (Å²) in [6, 6.07) is 11.9.